The number of aryl methyl sites for hydroxylation is 1. The molecule has 0 saturated heterocycles. The van der Waals surface area contributed by atoms with Gasteiger partial charge in [0.25, 0.3) is 0 Å². The Balaban J connectivity index is 1.94. The summed E-state index contributed by atoms with van der Waals surface area (Å²) in [4.78, 5) is 0. The zero-order valence-electron chi connectivity index (χ0n) is 24.0. The summed E-state index contributed by atoms with van der Waals surface area (Å²) in [6.07, 6.45) is 10.7. The van der Waals surface area contributed by atoms with E-state index in [-0.39, 0.29) is 0 Å². The van der Waals surface area contributed by atoms with Crippen LogP contribution in [0.5, 0.6) is 0 Å². The van der Waals surface area contributed by atoms with E-state index >= 15 is 0 Å². The van der Waals surface area contributed by atoms with E-state index in [0.717, 1.165) is 30.6 Å². The SMILES string of the molecule is CCCCc1cc2c(c(CCCC)c1CCCC)C(c1ccc(N)cc1)(c1ccc(N)cc1)c1ccccc1-2. The van der Waals surface area contributed by atoms with E-state index in [1.807, 2.05) is 0 Å². The number of nitrogen functional groups attached to an aromatic ring is 2. The number of hydrogen-bond acceptors (Lipinski definition) is 2. The van der Waals surface area contributed by atoms with Gasteiger partial charge in [0, 0.05) is 11.4 Å². The van der Waals surface area contributed by atoms with Crippen molar-refractivity contribution >= 4 is 11.4 Å². The van der Waals surface area contributed by atoms with E-state index in [1.54, 1.807) is 16.7 Å². The molecule has 2 heteroatoms. The Morgan fingerprint density at radius 1 is 0.564 bits per heavy atom. The van der Waals surface area contributed by atoms with Crippen molar-refractivity contribution in [2.45, 2.75) is 84.0 Å². The lowest BCUT2D eigenvalue weighted by Crippen LogP contribution is -2.30. The Bertz CT molecular complexity index is 1370. The first-order chi connectivity index (χ1) is 19.1. The van der Waals surface area contributed by atoms with Gasteiger partial charge in [-0.15, -0.1) is 0 Å². The molecular weight excluding hydrogens is 472 g/mol. The molecule has 4 aromatic carbocycles. The van der Waals surface area contributed by atoms with Crippen LogP contribution in [-0.4, -0.2) is 0 Å². The Labute approximate surface area is 235 Å². The molecule has 4 N–H and O–H groups in total. The van der Waals surface area contributed by atoms with Crippen LogP contribution in [0.3, 0.4) is 0 Å². The van der Waals surface area contributed by atoms with Crippen molar-refractivity contribution < 1.29 is 0 Å². The number of rotatable bonds is 11. The molecule has 4 aromatic rings. The van der Waals surface area contributed by atoms with E-state index in [2.05, 4.69) is 99.6 Å². The third-order valence-corrected chi connectivity index (χ3v) is 8.69. The van der Waals surface area contributed by atoms with Gasteiger partial charge in [-0.25, -0.2) is 0 Å². The Morgan fingerprint density at radius 3 is 1.64 bits per heavy atom. The van der Waals surface area contributed by atoms with Gasteiger partial charge in [0.1, 0.15) is 0 Å². The van der Waals surface area contributed by atoms with Gasteiger partial charge in [0.2, 0.25) is 0 Å². The van der Waals surface area contributed by atoms with E-state index in [0.29, 0.717) is 0 Å². The lowest BCUT2D eigenvalue weighted by atomic mass is 9.65. The fourth-order valence-corrected chi connectivity index (χ4v) is 6.78. The van der Waals surface area contributed by atoms with Gasteiger partial charge < -0.3 is 11.5 Å². The van der Waals surface area contributed by atoms with Gasteiger partial charge in [0.05, 0.1) is 5.41 Å². The highest BCUT2D eigenvalue weighted by Crippen LogP contribution is 2.58. The Hall–Kier alpha value is -3.52. The summed E-state index contributed by atoms with van der Waals surface area (Å²) < 4.78 is 0. The number of unbranched alkanes of at least 4 members (excludes halogenated alkanes) is 3. The first kappa shape index (κ1) is 27.1. The highest BCUT2D eigenvalue weighted by atomic mass is 14.6. The Morgan fingerprint density at radius 2 is 1.08 bits per heavy atom. The summed E-state index contributed by atoms with van der Waals surface area (Å²) in [5, 5.41) is 0. The van der Waals surface area contributed by atoms with Crippen LogP contribution in [0.2, 0.25) is 0 Å². The second-order valence-electron chi connectivity index (χ2n) is 11.3. The molecule has 0 bridgehead atoms. The third kappa shape index (κ3) is 4.75. The number of hydrogen-bond donors (Lipinski definition) is 2. The second-order valence-corrected chi connectivity index (χ2v) is 11.3. The predicted molar refractivity (Wildman–Crippen MR) is 168 cm³/mol. The molecule has 0 saturated carbocycles. The number of fused-ring (bicyclic) bond motifs is 3. The molecule has 2 nitrogen and oxygen atoms in total. The standard InChI is InChI=1S/C37H44N2/c1-4-7-12-26-25-34-32-15-10-11-16-35(32)37(27-17-21-29(38)22-18-27,28-19-23-30(39)24-20-28)36(34)33(14-9-6-3)31(26)13-8-5-2/h10-11,15-25H,4-9,12-14,38-39H2,1-3H3. The summed E-state index contributed by atoms with van der Waals surface area (Å²) in [6, 6.07) is 28.9. The van der Waals surface area contributed by atoms with E-state index in [9.17, 15) is 0 Å². The summed E-state index contributed by atoms with van der Waals surface area (Å²) >= 11 is 0. The van der Waals surface area contributed by atoms with Crippen LogP contribution in [0.25, 0.3) is 11.1 Å². The van der Waals surface area contributed by atoms with Gasteiger partial charge in [-0.3, -0.25) is 0 Å². The number of benzene rings is 4. The molecule has 0 aromatic heterocycles. The minimum atomic E-state index is -0.416. The van der Waals surface area contributed by atoms with Crippen LogP contribution in [0.15, 0.2) is 78.9 Å². The maximum Gasteiger partial charge on any atom is 0.0716 e. The van der Waals surface area contributed by atoms with Gasteiger partial charge in [-0.2, -0.15) is 0 Å². The van der Waals surface area contributed by atoms with Crippen LogP contribution >= 0.6 is 0 Å². The van der Waals surface area contributed by atoms with Crippen molar-refractivity contribution in [2.75, 3.05) is 11.5 Å². The largest absolute Gasteiger partial charge is 0.399 e. The molecule has 0 aliphatic heterocycles. The van der Waals surface area contributed by atoms with Crippen LogP contribution in [-0.2, 0) is 24.7 Å². The summed E-state index contributed by atoms with van der Waals surface area (Å²) in [6.45, 7) is 6.93. The number of anilines is 2. The molecule has 0 amide bonds. The summed E-state index contributed by atoms with van der Waals surface area (Å²) in [5.74, 6) is 0. The zero-order chi connectivity index (χ0) is 27.4. The quantitative estimate of drug-likeness (QED) is 0.172. The normalized spacial score (nSPS) is 13.3. The van der Waals surface area contributed by atoms with Crippen molar-refractivity contribution in [2.24, 2.45) is 0 Å². The first-order valence-electron chi connectivity index (χ1n) is 15.1. The highest BCUT2D eigenvalue weighted by molar-refractivity contribution is 5.88. The van der Waals surface area contributed by atoms with E-state index < -0.39 is 5.41 Å². The van der Waals surface area contributed by atoms with E-state index in [1.165, 1.54) is 71.9 Å². The maximum absolute atomic E-state index is 6.24. The summed E-state index contributed by atoms with van der Waals surface area (Å²) in [7, 11) is 0. The van der Waals surface area contributed by atoms with Crippen LogP contribution in [0.1, 0.15) is 98.2 Å². The highest BCUT2D eigenvalue weighted by Gasteiger charge is 2.48. The molecular formula is C37H44N2. The van der Waals surface area contributed by atoms with Crippen molar-refractivity contribution in [1.29, 1.82) is 0 Å². The molecule has 1 aliphatic rings. The number of nitrogens with two attached hydrogens (primary N) is 2. The fraction of sp³-hybridized carbons (Fsp3) is 0.351. The Kier molecular flexibility index (Phi) is 8.12. The smallest absolute Gasteiger partial charge is 0.0716 e. The van der Waals surface area contributed by atoms with Crippen LogP contribution in [0, 0.1) is 0 Å². The molecule has 0 fully saturated rings. The molecule has 0 radical (unpaired) electrons. The van der Waals surface area contributed by atoms with E-state index in [4.69, 9.17) is 11.5 Å². The minimum absolute atomic E-state index is 0.416. The second kappa shape index (κ2) is 11.7. The van der Waals surface area contributed by atoms with Crippen LogP contribution < -0.4 is 11.5 Å². The molecule has 0 atom stereocenters. The monoisotopic (exact) mass is 516 g/mol. The van der Waals surface area contributed by atoms with Gasteiger partial charge in [-0.05, 0) is 113 Å². The maximum atomic E-state index is 6.24. The van der Waals surface area contributed by atoms with Crippen LogP contribution in [0.4, 0.5) is 11.4 Å². The molecule has 1 aliphatic carbocycles. The molecule has 0 spiro atoms. The van der Waals surface area contributed by atoms with Crippen molar-refractivity contribution in [1.82, 2.24) is 0 Å². The zero-order valence-corrected chi connectivity index (χ0v) is 24.0. The average Bonchev–Trinajstić information content (AvgIpc) is 3.25. The minimum Gasteiger partial charge on any atom is -0.399 e. The summed E-state index contributed by atoms with van der Waals surface area (Å²) in [5.41, 5.74) is 26.6. The first-order valence-corrected chi connectivity index (χ1v) is 15.1. The molecule has 0 unspecified atom stereocenters. The van der Waals surface area contributed by atoms with Crippen molar-refractivity contribution in [3.63, 3.8) is 0 Å². The fourth-order valence-electron chi connectivity index (χ4n) is 6.78. The van der Waals surface area contributed by atoms with Gasteiger partial charge >= 0.3 is 0 Å². The predicted octanol–water partition coefficient (Wildman–Crippen LogP) is 9.24. The topological polar surface area (TPSA) is 52.0 Å². The third-order valence-electron chi connectivity index (χ3n) is 8.69. The lowest BCUT2D eigenvalue weighted by Gasteiger charge is -2.36. The average molecular weight is 517 g/mol. The van der Waals surface area contributed by atoms with Crippen molar-refractivity contribution in [3.05, 3.63) is 118 Å². The molecule has 0 heterocycles. The van der Waals surface area contributed by atoms with Gasteiger partial charge in [-0.1, -0.05) is 94.6 Å². The molecule has 202 valence electrons. The van der Waals surface area contributed by atoms with Gasteiger partial charge in [0.15, 0.2) is 0 Å². The van der Waals surface area contributed by atoms with Crippen molar-refractivity contribution in [3.8, 4) is 11.1 Å². The molecule has 39 heavy (non-hydrogen) atoms. The lowest BCUT2D eigenvalue weighted by molar-refractivity contribution is 0.703. The molecule has 5 rings (SSSR count).